The van der Waals surface area contributed by atoms with Crippen LogP contribution in [0, 0.1) is 6.92 Å². The molecular formula is C40H26N2OS. The van der Waals surface area contributed by atoms with Gasteiger partial charge in [0.05, 0.1) is 11.4 Å². The normalized spacial score (nSPS) is 11.8. The van der Waals surface area contributed by atoms with Crippen LogP contribution < -0.4 is 0 Å². The number of aryl methyl sites for hydroxylation is 1. The van der Waals surface area contributed by atoms with Crippen molar-refractivity contribution < 1.29 is 4.42 Å². The molecule has 0 saturated heterocycles. The molecule has 0 saturated carbocycles. The molecule has 6 aromatic carbocycles. The predicted molar refractivity (Wildman–Crippen MR) is 185 cm³/mol. The zero-order valence-electron chi connectivity index (χ0n) is 24.0. The Bertz CT molecular complexity index is 2540. The molecule has 4 heteroatoms. The average Bonchev–Trinajstić information content (AvgIpc) is 3.62. The summed E-state index contributed by atoms with van der Waals surface area (Å²) < 4.78 is 8.82. The van der Waals surface area contributed by atoms with Crippen LogP contribution in [0.2, 0.25) is 0 Å². The number of rotatable bonds is 4. The second kappa shape index (κ2) is 9.87. The number of aromatic nitrogens is 2. The zero-order chi connectivity index (χ0) is 29.2. The molecule has 0 aliphatic rings. The van der Waals surface area contributed by atoms with Gasteiger partial charge in [-0.2, -0.15) is 0 Å². The number of thiophene rings is 1. The van der Waals surface area contributed by atoms with E-state index in [-0.39, 0.29) is 0 Å². The Morgan fingerprint density at radius 3 is 2.30 bits per heavy atom. The van der Waals surface area contributed by atoms with Crippen LogP contribution in [0.25, 0.3) is 75.5 Å². The Labute approximate surface area is 258 Å². The quantitative estimate of drug-likeness (QED) is 0.207. The maximum atomic E-state index is 6.24. The molecule has 0 fully saturated rings. The highest BCUT2D eigenvalue weighted by Gasteiger charge is 2.20. The molecule has 0 radical (unpaired) electrons. The fourth-order valence-electron chi connectivity index (χ4n) is 6.59. The molecule has 3 nitrogen and oxygen atoms in total. The molecule has 3 aromatic heterocycles. The van der Waals surface area contributed by atoms with Crippen LogP contribution in [-0.2, 0) is 6.42 Å². The van der Waals surface area contributed by atoms with Gasteiger partial charge >= 0.3 is 0 Å². The van der Waals surface area contributed by atoms with Crippen molar-refractivity contribution in [2.24, 2.45) is 0 Å². The van der Waals surface area contributed by atoms with E-state index in [0.717, 1.165) is 33.4 Å². The third kappa shape index (κ3) is 3.95. The van der Waals surface area contributed by atoms with Gasteiger partial charge in [0, 0.05) is 37.5 Å². The maximum absolute atomic E-state index is 6.24. The Balaban J connectivity index is 1.32. The van der Waals surface area contributed by atoms with Gasteiger partial charge in [0.25, 0.3) is 0 Å². The number of furan rings is 1. The second-order valence-corrected chi connectivity index (χ2v) is 12.5. The van der Waals surface area contributed by atoms with Crippen molar-refractivity contribution in [3.63, 3.8) is 0 Å². The van der Waals surface area contributed by atoms with Gasteiger partial charge in [-0.15, -0.1) is 11.3 Å². The zero-order valence-corrected chi connectivity index (χ0v) is 24.9. The second-order valence-electron chi connectivity index (χ2n) is 11.4. The number of para-hydroxylation sites is 1. The summed E-state index contributed by atoms with van der Waals surface area (Å²) in [5.74, 6) is 0. The molecule has 44 heavy (non-hydrogen) atoms. The van der Waals surface area contributed by atoms with E-state index in [0.29, 0.717) is 12.1 Å². The van der Waals surface area contributed by atoms with Gasteiger partial charge in [-0.3, -0.25) is 0 Å². The summed E-state index contributed by atoms with van der Waals surface area (Å²) in [5, 5.41) is 6.18. The molecule has 0 bridgehead atoms. The van der Waals surface area contributed by atoms with Gasteiger partial charge in [-0.05, 0) is 70.3 Å². The summed E-state index contributed by atoms with van der Waals surface area (Å²) in [6, 6.07) is 45.1. The largest absolute Gasteiger partial charge is 0.436 e. The number of hydrogen-bond donors (Lipinski definition) is 0. The molecule has 0 aliphatic carbocycles. The summed E-state index contributed by atoms with van der Waals surface area (Å²) in [4.78, 5) is 10.4. The molecular weight excluding hydrogens is 557 g/mol. The van der Waals surface area contributed by atoms with Gasteiger partial charge in [-0.25, -0.2) is 9.97 Å². The van der Waals surface area contributed by atoms with E-state index in [1.165, 1.54) is 53.2 Å². The first kappa shape index (κ1) is 25.2. The smallest absolute Gasteiger partial charge is 0.246 e. The van der Waals surface area contributed by atoms with E-state index >= 15 is 0 Å². The topological polar surface area (TPSA) is 38.9 Å². The highest BCUT2D eigenvalue weighted by Crippen LogP contribution is 2.43. The summed E-state index contributed by atoms with van der Waals surface area (Å²) in [6.45, 7) is 2.19. The molecule has 9 rings (SSSR count). The summed E-state index contributed by atoms with van der Waals surface area (Å²) >= 11 is 1.86. The molecule has 0 spiro atoms. The monoisotopic (exact) mass is 582 g/mol. The highest BCUT2D eigenvalue weighted by atomic mass is 32.1. The van der Waals surface area contributed by atoms with Crippen molar-refractivity contribution in [2.75, 3.05) is 0 Å². The first-order valence-corrected chi connectivity index (χ1v) is 15.7. The van der Waals surface area contributed by atoms with Crippen molar-refractivity contribution in [3.8, 4) is 22.4 Å². The lowest BCUT2D eigenvalue weighted by atomic mass is 9.91. The van der Waals surface area contributed by atoms with Crippen LogP contribution in [0.5, 0.6) is 0 Å². The van der Waals surface area contributed by atoms with Crippen molar-refractivity contribution in [1.82, 2.24) is 9.97 Å². The maximum Gasteiger partial charge on any atom is 0.246 e. The van der Waals surface area contributed by atoms with E-state index in [4.69, 9.17) is 14.4 Å². The van der Waals surface area contributed by atoms with Crippen molar-refractivity contribution in [1.29, 1.82) is 0 Å². The fraction of sp³-hybridized carbons (Fsp3) is 0.0500. The minimum atomic E-state index is 0.577. The molecule has 0 amide bonds. The van der Waals surface area contributed by atoms with Crippen molar-refractivity contribution in [2.45, 2.75) is 13.3 Å². The van der Waals surface area contributed by atoms with E-state index in [1.807, 2.05) is 35.6 Å². The SMILES string of the molecule is Cc1ccccc1-c1cc2c(cc1Cc1nc3oc4ccccc4c3nc1-c1ccccc1)sc1ccc3ccccc3c12. The van der Waals surface area contributed by atoms with Gasteiger partial charge in [0.2, 0.25) is 5.71 Å². The lowest BCUT2D eigenvalue weighted by Gasteiger charge is -2.15. The predicted octanol–water partition coefficient (Wildman–Crippen LogP) is 11.1. The molecule has 0 unspecified atom stereocenters. The Morgan fingerprint density at radius 1 is 0.636 bits per heavy atom. The molecule has 0 aliphatic heterocycles. The summed E-state index contributed by atoms with van der Waals surface area (Å²) in [5.41, 5.74) is 9.97. The van der Waals surface area contributed by atoms with Crippen LogP contribution in [0.4, 0.5) is 0 Å². The van der Waals surface area contributed by atoms with Crippen molar-refractivity contribution >= 4 is 64.5 Å². The number of hydrogen-bond acceptors (Lipinski definition) is 4. The summed E-state index contributed by atoms with van der Waals surface area (Å²) in [7, 11) is 0. The molecule has 0 atom stereocenters. The van der Waals surface area contributed by atoms with Crippen LogP contribution in [-0.4, -0.2) is 9.97 Å². The Hall–Kier alpha value is -5.32. The lowest BCUT2D eigenvalue weighted by molar-refractivity contribution is 0.650. The highest BCUT2D eigenvalue weighted by molar-refractivity contribution is 7.26. The molecule has 208 valence electrons. The van der Waals surface area contributed by atoms with Crippen LogP contribution in [0.1, 0.15) is 16.8 Å². The Kier molecular flexibility index (Phi) is 5.65. The van der Waals surface area contributed by atoms with Crippen LogP contribution in [0.15, 0.2) is 132 Å². The van der Waals surface area contributed by atoms with E-state index in [1.54, 1.807) is 0 Å². The van der Waals surface area contributed by atoms with E-state index < -0.39 is 0 Å². The minimum absolute atomic E-state index is 0.577. The van der Waals surface area contributed by atoms with Gasteiger partial charge in [-0.1, -0.05) is 97.1 Å². The van der Waals surface area contributed by atoms with E-state index in [2.05, 4.69) is 110 Å². The van der Waals surface area contributed by atoms with Crippen molar-refractivity contribution in [3.05, 3.63) is 144 Å². The molecule has 0 N–H and O–H groups in total. The average molecular weight is 583 g/mol. The molecule has 3 heterocycles. The van der Waals surface area contributed by atoms with Gasteiger partial charge < -0.3 is 4.42 Å². The summed E-state index contributed by atoms with van der Waals surface area (Å²) in [6.07, 6.45) is 0.624. The number of fused-ring (bicyclic) bond motifs is 8. The first-order valence-electron chi connectivity index (χ1n) is 14.9. The lowest BCUT2D eigenvalue weighted by Crippen LogP contribution is -2.01. The van der Waals surface area contributed by atoms with Crippen LogP contribution >= 0.6 is 11.3 Å². The third-order valence-electron chi connectivity index (χ3n) is 8.71. The van der Waals surface area contributed by atoms with E-state index in [9.17, 15) is 0 Å². The molecule has 9 aromatic rings. The Morgan fingerprint density at radius 2 is 1.41 bits per heavy atom. The first-order chi connectivity index (χ1) is 21.7. The third-order valence-corrected chi connectivity index (χ3v) is 9.83. The van der Waals surface area contributed by atoms with Crippen LogP contribution in [0.3, 0.4) is 0 Å². The minimum Gasteiger partial charge on any atom is -0.436 e. The standard InChI is InChI=1S/C40H26N2OS/c1-24-11-5-7-15-28(24)31-23-32-36(44-35-20-19-25-12-6-8-16-29(25)37(32)35)22-27(31)21-33-38(26-13-3-2-4-14-26)42-39-30-17-9-10-18-34(30)43-40(39)41-33/h2-20,22-23H,21H2,1H3. The fourth-order valence-corrected chi connectivity index (χ4v) is 7.76. The van der Waals surface area contributed by atoms with Gasteiger partial charge in [0.15, 0.2) is 0 Å². The van der Waals surface area contributed by atoms with Gasteiger partial charge in [0.1, 0.15) is 11.1 Å². The number of benzene rings is 6. The number of nitrogens with zero attached hydrogens (tertiary/aromatic N) is 2.